The van der Waals surface area contributed by atoms with Crippen molar-refractivity contribution < 1.29 is 4.21 Å². The van der Waals surface area contributed by atoms with Gasteiger partial charge in [-0.25, -0.2) is 0 Å². The smallest absolute Gasteiger partial charge is 0.0503 e. The third kappa shape index (κ3) is 5.67. The van der Waals surface area contributed by atoms with Crippen LogP contribution < -0.4 is 5.32 Å². The first-order valence-electron chi connectivity index (χ1n) is 9.39. The zero-order chi connectivity index (χ0) is 14.9. The minimum absolute atomic E-state index is 0.400. The largest absolute Gasteiger partial charge is 0.316 e. The summed E-state index contributed by atoms with van der Waals surface area (Å²) in [6.45, 7) is 0. The van der Waals surface area contributed by atoms with Crippen molar-refractivity contribution in [3.63, 3.8) is 0 Å². The van der Waals surface area contributed by atoms with Crippen molar-refractivity contribution in [1.29, 1.82) is 0 Å². The molecule has 0 aromatic rings. The van der Waals surface area contributed by atoms with Crippen LogP contribution in [0.25, 0.3) is 0 Å². The maximum atomic E-state index is 13.1. The number of hydrogen-bond acceptors (Lipinski definition) is 2. The molecule has 3 atom stereocenters. The van der Waals surface area contributed by atoms with Gasteiger partial charge in [-0.2, -0.15) is 0 Å². The molecule has 2 fully saturated rings. The van der Waals surface area contributed by atoms with Gasteiger partial charge < -0.3 is 5.32 Å². The van der Waals surface area contributed by atoms with Gasteiger partial charge in [-0.1, -0.05) is 64.2 Å². The Morgan fingerprint density at radius 1 is 0.714 bits per heavy atom. The topological polar surface area (TPSA) is 29.1 Å². The Morgan fingerprint density at radius 3 is 1.76 bits per heavy atom. The van der Waals surface area contributed by atoms with Gasteiger partial charge in [-0.15, -0.1) is 0 Å². The van der Waals surface area contributed by atoms with Crippen molar-refractivity contribution >= 4 is 10.8 Å². The Hall–Kier alpha value is 0.110. The van der Waals surface area contributed by atoms with Crippen LogP contribution in [0.3, 0.4) is 0 Å². The van der Waals surface area contributed by atoms with Crippen LogP contribution in [0, 0.1) is 0 Å². The Morgan fingerprint density at radius 2 is 1.19 bits per heavy atom. The van der Waals surface area contributed by atoms with Crippen molar-refractivity contribution in [2.75, 3.05) is 7.05 Å². The summed E-state index contributed by atoms with van der Waals surface area (Å²) in [4.78, 5) is 0. The molecule has 0 spiro atoms. The molecule has 0 aromatic heterocycles. The second-order valence-electron chi connectivity index (χ2n) is 7.07. The van der Waals surface area contributed by atoms with E-state index in [0.717, 1.165) is 0 Å². The summed E-state index contributed by atoms with van der Waals surface area (Å²) in [5.41, 5.74) is 0. The molecular formula is C18H35NOS. The fourth-order valence-corrected chi connectivity index (χ4v) is 6.42. The second-order valence-corrected chi connectivity index (χ2v) is 9.00. The lowest BCUT2D eigenvalue weighted by atomic mass is 9.97. The van der Waals surface area contributed by atoms with Crippen molar-refractivity contribution in [2.45, 2.75) is 106 Å². The van der Waals surface area contributed by atoms with Crippen LogP contribution in [0.2, 0.25) is 0 Å². The molecule has 2 saturated carbocycles. The van der Waals surface area contributed by atoms with Gasteiger partial charge in [-0.3, -0.25) is 4.21 Å². The number of nitrogens with one attached hydrogen (secondary N) is 1. The van der Waals surface area contributed by atoms with Crippen LogP contribution in [0.5, 0.6) is 0 Å². The highest BCUT2D eigenvalue weighted by Crippen LogP contribution is 2.29. The molecule has 2 aliphatic carbocycles. The molecule has 2 rings (SSSR count). The molecule has 124 valence electrons. The standard InChI is InChI=1S/C18H35NOS/c1-19-17-14-8-6-4-2-3-5-7-9-15-18(17)21(20)16-12-10-11-13-16/h16-19H,2-15H2,1H3. The molecule has 0 aliphatic heterocycles. The van der Waals surface area contributed by atoms with E-state index in [0.29, 0.717) is 16.5 Å². The minimum Gasteiger partial charge on any atom is -0.316 e. The zero-order valence-electron chi connectivity index (χ0n) is 13.9. The van der Waals surface area contributed by atoms with Crippen molar-refractivity contribution in [2.24, 2.45) is 0 Å². The molecule has 21 heavy (non-hydrogen) atoms. The van der Waals surface area contributed by atoms with E-state index in [-0.39, 0.29) is 0 Å². The first kappa shape index (κ1) is 17.5. The normalized spacial score (nSPS) is 32.2. The van der Waals surface area contributed by atoms with E-state index in [4.69, 9.17) is 0 Å². The quantitative estimate of drug-likeness (QED) is 0.828. The van der Waals surface area contributed by atoms with Crippen LogP contribution in [0.15, 0.2) is 0 Å². The van der Waals surface area contributed by atoms with E-state index in [1.807, 2.05) is 0 Å². The van der Waals surface area contributed by atoms with Crippen LogP contribution in [-0.2, 0) is 10.8 Å². The van der Waals surface area contributed by atoms with Gasteiger partial charge in [0.25, 0.3) is 0 Å². The van der Waals surface area contributed by atoms with Gasteiger partial charge in [-0.05, 0) is 32.7 Å². The maximum absolute atomic E-state index is 13.1. The van der Waals surface area contributed by atoms with E-state index in [9.17, 15) is 4.21 Å². The predicted octanol–water partition coefficient (Wildman–Crippen LogP) is 4.55. The molecule has 0 heterocycles. The predicted molar refractivity (Wildman–Crippen MR) is 93.2 cm³/mol. The molecule has 0 radical (unpaired) electrons. The van der Waals surface area contributed by atoms with Gasteiger partial charge in [0.15, 0.2) is 0 Å². The monoisotopic (exact) mass is 313 g/mol. The molecule has 0 amide bonds. The summed E-state index contributed by atoms with van der Waals surface area (Å²) >= 11 is 0. The van der Waals surface area contributed by atoms with Crippen LogP contribution in [0.1, 0.15) is 89.9 Å². The molecule has 3 unspecified atom stereocenters. The van der Waals surface area contributed by atoms with Gasteiger partial charge in [0.05, 0.1) is 5.25 Å². The van der Waals surface area contributed by atoms with Crippen LogP contribution >= 0.6 is 0 Å². The van der Waals surface area contributed by atoms with E-state index in [2.05, 4.69) is 12.4 Å². The lowest BCUT2D eigenvalue weighted by Gasteiger charge is -2.29. The molecule has 3 heteroatoms. The number of hydrogen-bond donors (Lipinski definition) is 1. The van der Waals surface area contributed by atoms with Gasteiger partial charge in [0.1, 0.15) is 0 Å². The average Bonchev–Trinajstić information content (AvgIpc) is 3.01. The highest BCUT2D eigenvalue weighted by molar-refractivity contribution is 7.86. The molecule has 2 nitrogen and oxygen atoms in total. The Kier molecular flexibility index (Phi) is 8.31. The Balaban J connectivity index is 1.97. The van der Waals surface area contributed by atoms with E-state index in [1.165, 1.54) is 89.9 Å². The van der Waals surface area contributed by atoms with Crippen molar-refractivity contribution in [1.82, 2.24) is 5.32 Å². The molecule has 0 aromatic carbocycles. The van der Waals surface area contributed by atoms with Crippen molar-refractivity contribution in [3.8, 4) is 0 Å². The SMILES string of the molecule is CNC1CCCCCCCCCCC1S(=O)C1CCCC1. The summed E-state index contributed by atoms with van der Waals surface area (Å²) in [6.07, 6.45) is 18.3. The summed E-state index contributed by atoms with van der Waals surface area (Å²) in [5, 5.41) is 4.42. The Labute approximate surface area is 134 Å². The lowest BCUT2D eigenvalue weighted by molar-refractivity contribution is 0.427. The first-order chi connectivity index (χ1) is 10.3. The highest BCUT2D eigenvalue weighted by Gasteiger charge is 2.32. The molecular weight excluding hydrogens is 278 g/mol. The number of rotatable bonds is 3. The summed E-state index contributed by atoms with van der Waals surface area (Å²) in [7, 11) is 1.46. The zero-order valence-corrected chi connectivity index (χ0v) is 14.8. The van der Waals surface area contributed by atoms with Gasteiger partial charge in [0.2, 0.25) is 0 Å². The fourth-order valence-electron chi connectivity index (χ4n) is 4.13. The highest BCUT2D eigenvalue weighted by atomic mass is 32.2. The van der Waals surface area contributed by atoms with Crippen LogP contribution in [0.4, 0.5) is 0 Å². The lowest BCUT2D eigenvalue weighted by Crippen LogP contribution is -2.42. The summed E-state index contributed by atoms with van der Waals surface area (Å²) in [6, 6.07) is 0.478. The first-order valence-corrected chi connectivity index (χ1v) is 10.7. The minimum atomic E-state index is -0.616. The second kappa shape index (κ2) is 9.99. The molecule has 1 N–H and O–H groups in total. The summed E-state index contributed by atoms with van der Waals surface area (Å²) < 4.78 is 13.1. The van der Waals surface area contributed by atoms with E-state index >= 15 is 0 Å². The summed E-state index contributed by atoms with van der Waals surface area (Å²) in [5.74, 6) is 0. The molecule has 2 aliphatic rings. The maximum Gasteiger partial charge on any atom is 0.0503 e. The van der Waals surface area contributed by atoms with E-state index in [1.54, 1.807) is 0 Å². The van der Waals surface area contributed by atoms with Crippen molar-refractivity contribution in [3.05, 3.63) is 0 Å². The third-order valence-corrected chi connectivity index (χ3v) is 7.79. The van der Waals surface area contributed by atoms with E-state index < -0.39 is 10.8 Å². The average molecular weight is 314 g/mol. The van der Waals surface area contributed by atoms with Gasteiger partial charge in [0, 0.05) is 22.1 Å². The molecule has 0 bridgehead atoms. The van der Waals surface area contributed by atoms with Crippen LogP contribution in [-0.4, -0.2) is 27.8 Å². The third-order valence-electron chi connectivity index (χ3n) is 5.50. The van der Waals surface area contributed by atoms with Gasteiger partial charge >= 0.3 is 0 Å². The molecule has 0 saturated heterocycles. The Bertz CT molecular complexity index is 302. The fraction of sp³-hybridized carbons (Fsp3) is 1.00.